The summed E-state index contributed by atoms with van der Waals surface area (Å²) < 4.78 is 5.48. The van der Waals surface area contributed by atoms with Crippen molar-refractivity contribution in [2.24, 2.45) is 5.41 Å². The van der Waals surface area contributed by atoms with Gasteiger partial charge >= 0.3 is 5.97 Å². The van der Waals surface area contributed by atoms with Crippen molar-refractivity contribution >= 4 is 11.9 Å². The fourth-order valence-corrected chi connectivity index (χ4v) is 4.63. The van der Waals surface area contributed by atoms with Crippen molar-refractivity contribution in [3.63, 3.8) is 0 Å². The van der Waals surface area contributed by atoms with Crippen molar-refractivity contribution in [1.29, 1.82) is 0 Å². The maximum atomic E-state index is 13.2. The van der Waals surface area contributed by atoms with Gasteiger partial charge in [0.2, 0.25) is 5.91 Å². The van der Waals surface area contributed by atoms with E-state index in [4.69, 9.17) is 4.74 Å². The Balaban J connectivity index is 1.84. The maximum Gasteiger partial charge on any atom is 0.332 e. The van der Waals surface area contributed by atoms with Gasteiger partial charge in [0.15, 0.2) is 0 Å². The third-order valence-corrected chi connectivity index (χ3v) is 6.75. The Morgan fingerprint density at radius 3 is 1.63 bits per heavy atom. The summed E-state index contributed by atoms with van der Waals surface area (Å²) in [5.41, 5.74) is 7.33. The first kappa shape index (κ1) is 24.7. The van der Waals surface area contributed by atoms with Crippen LogP contribution < -0.4 is 5.32 Å². The number of hydrogen-bond acceptors (Lipinski definition) is 3. The first-order valence-electron chi connectivity index (χ1n) is 12.3. The normalized spacial score (nSPS) is 14.3. The second kappa shape index (κ2) is 9.33. The van der Waals surface area contributed by atoms with Crippen LogP contribution in [0.1, 0.15) is 49.9 Å². The molecule has 3 aromatic carbocycles. The number of aryl methyl sites for hydroxylation is 2. The lowest BCUT2D eigenvalue weighted by Crippen LogP contribution is -2.58. The zero-order chi connectivity index (χ0) is 25.4. The summed E-state index contributed by atoms with van der Waals surface area (Å²) >= 11 is 0. The molecular weight excluding hydrogens is 434 g/mol. The summed E-state index contributed by atoms with van der Waals surface area (Å²) in [4.78, 5) is 26.3. The molecule has 35 heavy (non-hydrogen) atoms. The fourth-order valence-electron chi connectivity index (χ4n) is 4.63. The smallest absolute Gasteiger partial charge is 0.332 e. The van der Waals surface area contributed by atoms with Gasteiger partial charge in [-0.1, -0.05) is 92.6 Å². The van der Waals surface area contributed by atoms with Gasteiger partial charge < -0.3 is 10.1 Å². The Kier molecular flexibility index (Phi) is 6.59. The van der Waals surface area contributed by atoms with Gasteiger partial charge in [-0.3, -0.25) is 4.79 Å². The molecular formula is C31H35NO3. The summed E-state index contributed by atoms with van der Waals surface area (Å²) in [7, 11) is 0. The summed E-state index contributed by atoms with van der Waals surface area (Å²) in [5.74, 6) is -0.529. The van der Waals surface area contributed by atoms with Gasteiger partial charge in [-0.05, 0) is 54.2 Å². The summed E-state index contributed by atoms with van der Waals surface area (Å²) in [6.07, 6.45) is 0.825. The molecule has 0 fully saturated rings. The number of benzene rings is 3. The number of nitrogens with one attached hydrogen (secondary N) is 1. The van der Waals surface area contributed by atoms with Crippen LogP contribution in [0, 0.1) is 19.3 Å². The van der Waals surface area contributed by atoms with Crippen LogP contribution in [0.4, 0.5) is 0 Å². The summed E-state index contributed by atoms with van der Waals surface area (Å²) in [5, 5.41) is 3.08. The molecule has 1 aliphatic carbocycles. The minimum absolute atomic E-state index is 0.157. The molecule has 0 bridgehead atoms. The lowest BCUT2D eigenvalue weighted by atomic mass is 9.90. The topological polar surface area (TPSA) is 55.4 Å². The van der Waals surface area contributed by atoms with Crippen LogP contribution in [0.2, 0.25) is 0 Å². The molecule has 4 rings (SSSR count). The molecule has 0 aliphatic heterocycles. The van der Waals surface area contributed by atoms with Gasteiger partial charge in [0, 0.05) is 18.3 Å². The zero-order valence-electron chi connectivity index (χ0n) is 21.6. The van der Waals surface area contributed by atoms with E-state index in [0.717, 1.165) is 33.4 Å². The number of ether oxygens (including phenoxy) is 1. The molecule has 4 heteroatoms. The third kappa shape index (κ3) is 5.02. The highest BCUT2D eigenvalue weighted by molar-refractivity contribution is 5.93. The molecule has 1 amide bonds. The number of carbonyl (C=O) groups excluding carboxylic acids is 2. The Bertz CT molecular complexity index is 1170. The van der Waals surface area contributed by atoms with Crippen molar-refractivity contribution < 1.29 is 14.3 Å². The van der Waals surface area contributed by atoms with Crippen LogP contribution in [0.3, 0.4) is 0 Å². The Hall–Kier alpha value is -3.40. The molecule has 4 nitrogen and oxygen atoms in total. The number of hydrogen-bond donors (Lipinski definition) is 1. The zero-order valence-corrected chi connectivity index (χ0v) is 21.6. The molecule has 0 aromatic heterocycles. The van der Waals surface area contributed by atoms with Gasteiger partial charge in [-0.15, -0.1) is 0 Å². The van der Waals surface area contributed by atoms with E-state index in [1.54, 1.807) is 6.92 Å². The van der Waals surface area contributed by atoms with E-state index >= 15 is 0 Å². The van der Waals surface area contributed by atoms with Crippen molar-refractivity contribution in [2.75, 3.05) is 6.61 Å². The Morgan fingerprint density at radius 1 is 0.829 bits per heavy atom. The molecule has 3 aromatic rings. The Labute approximate surface area is 208 Å². The van der Waals surface area contributed by atoms with E-state index in [1.807, 2.05) is 20.8 Å². The maximum absolute atomic E-state index is 13.2. The first-order chi connectivity index (χ1) is 16.5. The molecule has 0 saturated carbocycles. The SMILES string of the molecule is CCOC(=O)C1(NC(=O)C(C)(C)C)Cc2cc(-c3ccc(C)cc3)c(-c3ccc(C)cc3)cc2C1. The minimum atomic E-state index is -1.10. The lowest BCUT2D eigenvalue weighted by molar-refractivity contribution is -0.154. The average molecular weight is 470 g/mol. The molecule has 0 atom stereocenters. The van der Waals surface area contributed by atoms with Crippen molar-refractivity contribution in [1.82, 2.24) is 5.32 Å². The lowest BCUT2D eigenvalue weighted by Gasteiger charge is -2.31. The van der Waals surface area contributed by atoms with Crippen molar-refractivity contribution in [2.45, 2.75) is 59.9 Å². The second-order valence-corrected chi connectivity index (χ2v) is 10.8. The van der Waals surface area contributed by atoms with Crippen molar-refractivity contribution in [3.05, 3.63) is 82.9 Å². The molecule has 0 radical (unpaired) electrons. The van der Waals surface area contributed by atoms with Gasteiger partial charge in [0.25, 0.3) is 0 Å². The monoisotopic (exact) mass is 469 g/mol. The van der Waals surface area contributed by atoms with E-state index in [1.165, 1.54) is 11.1 Å². The van der Waals surface area contributed by atoms with Crippen LogP contribution in [0.25, 0.3) is 22.3 Å². The Morgan fingerprint density at radius 2 is 1.26 bits per heavy atom. The van der Waals surface area contributed by atoms with E-state index in [0.29, 0.717) is 12.8 Å². The summed E-state index contributed by atoms with van der Waals surface area (Å²) in [6.45, 7) is 11.8. The minimum Gasteiger partial charge on any atom is -0.464 e. The number of esters is 1. The van der Waals surface area contributed by atoms with Gasteiger partial charge in [-0.25, -0.2) is 4.79 Å². The molecule has 0 spiro atoms. The van der Waals surface area contributed by atoms with Gasteiger partial charge in [0.1, 0.15) is 5.54 Å². The number of amides is 1. The second-order valence-electron chi connectivity index (χ2n) is 10.8. The van der Waals surface area contributed by atoms with E-state index < -0.39 is 11.0 Å². The first-order valence-corrected chi connectivity index (χ1v) is 12.3. The van der Waals surface area contributed by atoms with Crippen LogP contribution >= 0.6 is 0 Å². The average Bonchev–Trinajstić information content (AvgIpc) is 3.17. The molecule has 1 N–H and O–H groups in total. The fraction of sp³-hybridized carbons (Fsp3) is 0.355. The van der Waals surface area contributed by atoms with Crippen LogP contribution in [-0.4, -0.2) is 24.0 Å². The predicted molar refractivity (Wildman–Crippen MR) is 141 cm³/mol. The van der Waals surface area contributed by atoms with Crippen LogP contribution in [0.5, 0.6) is 0 Å². The molecule has 0 saturated heterocycles. The van der Waals surface area contributed by atoms with E-state index in [-0.39, 0.29) is 18.5 Å². The highest BCUT2D eigenvalue weighted by Gasteiger charge is 2.48. The van der Waals surface area contributed by atoms with Crippen molar-refractivity contribution in [3.8, 4) is 22.3 Å². The van der Waals surface area contributed by atoms with Crippen LogP contribution in [-0.2, 0) is 27.2 Å². The quantitative estimate of drug-likeness (QED) is 0.453. The molecule has 182 valence electrons. The highest BCUT2D eigenvalue weighted by Crippen LogP contribution is 2.41. The van der Waals surface area contributed by atoms with Gasteiger partial charge in [-0.2, -0.15) is 0 Å². The largest absolute Gasteiger partial charge is 0.464 e. The highest BCUT2D eigenvalue weighted by atomic mass is 16.5. The number of rotatable bonds is 5. The number of carbonyl (C=O) groups is 2. The third-order valence-electron chi connectivity index (χ3n) is 6.75. The standard InChI is InChI=1S/C31H35NO3/c1-7-35-29(34)31(32-28(33)30(4,5)6)18-24-16-26(22-12-8-20(2)9-13-22)27(17-25(24)19-31)23-14-10-21(3)11-15-23/h8-17H,7,18-19H2,1-6H3,(H,32,33). The molecule has 0 heterocycles. The van der Waals surface area contributed by atoms with Crippen LogP contribution in [0.15, 0.2) is 60.7 Å². The molecule has 0 unspecified atom stereocenters. The molecule has 1 aliphatic rings. The van der Waals surface area contributed by atoms with E-state index in [2.05, 4.69) is 79.8 Å². The predicted octanol–water partition coefficient (Wildman–Crippen LogP) is 6.20. The van der Waals surface area contributed by atoms with E-state index in [9.17, 15) is 9.59 Å². The van der Waals surface area contributed by atoms with Gasteiger partial charge in [0.05, 0.1) is 6.61 Å². The summed E-state index contributed by atoms with van der Waals surface area (Å²) in [6, 6.07) is 21.4. The number of fused-ring (bicyclic) bond motifs is 1.